The molecular formula is C13H21N3O4S. The van der Waals surface area contributed by atoms with Gasteiger partial charge in [0.15, 0.2) is 0 Å². The van der Waals surface area contributed by atoms with Crippen LogP contribution in [0, 0.1) is 5.92 Å². The lowest BCUT2D eigenvalue weighted by atomic mass is 9.99. The number of aliphatic hydroxyl groups is 1. The molecule has 0 bridgehead atoms. The van der Waals surface area contributed by atoms with E-state index in [0.29, 0.717) is 12.1 Å². The van der Waals surface area contributed by atoms with Crippen LogP contribution in [-0.4, -0.2) is 54.5 Å². The molecule has 118 valence electrons. The zero-order valence-electron chi connectivity index (χ0n) is 12.4. The van der Waals surface area contributed by atoms with Gasteiger partial charge in [-0.25, -0.2) is 8.42 Å². The Balaban J connectivity index is 2.30. The molecule has 1 saturated heterocycles. The first-order valence-electron chi connectivity index (χ1n) is 6.84. The van der Waals surface area contributed by atoms with Crippen LogP contribution in [0.15, 0.2) is 17.2 Å². The van der Waals surface area contributed by atoms with E-state index in [9.17, 15) is 18.3 Å². The maximum absolute atomic E-state index is 12.6. The smallest absolute Gasteiger partial charge is 0.267 e. The first-order valence-corrected chi connectivity index (χ1v) is 8.28. The van der Waals surface area contributed by atoms with Crippen LogP contribution >= 0.6 is 0 Å². The van der Waals surface area contributed by atoms with Gasteiger partial charge in [-0.1, -0.05) is 6.92 Å². The fourth-order valence-corrected chi connectivity index (χ4v) is 4.12. The minimum absolute atomic E-state index is 0.101. The number of piperidine rings is 1. The molecule has 21 heavy (non-hydrogen) atoms. The van der Waals surface area contributed by atoms with E-state index in [0.717, 1.165) is 0 Å². The predicted molar refractivity (Wildman–Crippen MR) is 77.3 cm³/mol. The molecule has 1 aromatic heterocycles. The van der Waals surface area contributed by atoms with Gasteiger partial charge in [-0.15, -0.1) is 0 Å². The van der Waals surface area contributed by atoms with Crippen LogP contribution in [0.25, 0.3) is 0 Å². The summed E-state index contributed by atoms with van der Waals surface area (Å²) in [7, 11) is -0.512. The average molecular weight is 315 g/mol. The van der Waals surface area contributed by atoms with Crippen LogP contribution in [0.3, 0.4) is 0 Å². The predicted octanol–water partition coefficient (Wildman–Crippen LogP) is -0.224. The minimum atomic E-state index is -3.64. The maximum Gasteiger partial charge on any atom is 0.267 e. The van der Waals surface area contributed by atoms with E-state index in [-0.39, 0.29) is 29.8 Å². The second-order valence-electron chi connectivity index (χ2n) is 5.45. The van der Waals surface area contributed by atoms with Crippen molar-refractivity contribution >= 4 is 15.9 Å². The fraction of sp³-hybridized carbons (Fsp3) is 0.615. The SMILES string of the molecule is CNC(=O)c1cc(S(=O)(=O)N2CCC(O)C(C)C2)cn1C. The number of aryl methyl sites for hydroxylation is 1. The number of nitrogens with one attached hydrogen (secondary N) is 1. The van der Waals surface area contributed by atoms with Gasteiger partial charge in [0.1, 0.15) is 10.6 Å². The highest BCUT2D eigenvalue weighted by atomic mass is 32.2. The van der Waals surface area contributed by atoms with Gasteiger partial charge >= 0.3 is 0 Å². The average Bonchev–Trinajstić information content (AvgIpc) is 2.83. The lowest BCUT2D eigenvalue weighted by Crippen LogP contribution is -2.44. The number of aliphatic hydroxyl groups excluding tert-OH is 1. The summed E-state index contributed by atoms with van der Waals surface area (Å²) >= 11 is 0. The van der Waals surface area contributed by atoms with E-state index < -0.39 is 16.1 Å². The van der Waals surface area contributed by atoms with E-state index >= 15 is 0 Å². The Morgan fingerprint density at radius 1 is 1.48 bits per heavy atom. The van der Waals surface area contributed by atoms with E-state index in [1.54, 1.807) is 7.05 Å². The standard InChI is InChI=1S/C13H21N3O4S/c1-9-7-16(5-4-12(9)17)21(19,20)10-6-11(13(18)14-2)15(3)8-10/h6,8-9,12,17H,4-5,7H2,1-3H3,(H,14,18). The van der Waals surface area contributed by atoms with Crippen LogP contribution in [-0.2, 0) is 17.1 Å². The van der Waals surface area contributed by atoms with Crippen molar-refractivity contribution in [1.29, 1.82) is 0 Å². The molecule has 2 atom stereocenters. The number of amides is 1. The van der Waals surface area contributed by atoms with Crippen molar-refractivity contribution in [2.75, 3.05) is 20.1 Å². The molecular weight excluding hydrogens is 294 g/mol. The van der Waals surface area contributed by atoms with E-state index in [2.05, 4.69) is 5.32 Å². The van der Waals surface area contributed by atoms with Gasteiger partial charge in [0.2, 0.25) is 10.0 Å². The topological polar surface area (TPSA) is 91.6 Å². The molecule has 0 aliphatic carbocycles. The number of hydrogen-bond donors (Lipinski definition) is 2. The van der Waals surface area contributed by atoms with Crippen molar-refractivity contribution in [3.05, 3.63) is 18.0 Å². The summed E-state index contributed by atoms with van der Waals surface area (Å²) in [5.74, 6) is -0.433. The van der Waals surface area contributed by atoms with Gasteiger partial charge < -0.3 is 15.0 Å². The van der Waals surface area contributed by atoms with Crippen molar-refractivity contribution in [1.82, 2.24) is 14.2 Å². The van der Waals surface area contributed by atoms with Crippen molar-refractivity contribution in [2.24, 2.45) is 13.0 Å². The third-order valence-electron chi connectivity index (χ3n) is 3.90. The third-order valence-corrected chi connectivity index (χ3v) is 5.73. The Morgan fingerprint density at radius 3 is 2.71 bits per heavy atom. The summed E-state index contributed by atoms with van der Waals surface area (Å²) in [5, 5.41) is 12.2. The largest absolute Gasteiger partial charge is 0.393 e. The monoisotopic (exact) mass is 315 g/mol. The molecule has 0 saturated carbocycles. The Labute approximate surface area is 124 Å². The van der Waals surface area contributed by atoms with Gasteiger partial charge in [-0.2, -0.15) is 4.31 Å². The highest BCUT2D eigenvalue weighted by Gasteiger charge is 2.33. The third kappa shape index (κ3) is 2.97. The number of aromatic nitrogens is 1. The first-order chi connectivity index (χ1) is 9.77. The van der Waals surface area contributed by atoms with Gasteiger partial charge in [0, 0.05) is 33.4 Å². The van der Waals surface area contributed by atoms with Crippen molar-refractivity contribution < 1.29 is 18.3 Å². The summed E-state index contributed by atoms with van der Waals surface area (Å²) in [4.78, 5) is 11.8. The maximum atomic E-state index is 12.6. The number of carbonyl (C=O) groups excluding carboxylic acids is 1. The Morgan fingerprint density at radius 2 is 2.14 bits per heavy atom. The van der Waals surface area contributed by atoms with E-state index in [1.165, 1.54) is 28.2 Å². The Hall–Kier alpha value is -1.38. The summed E-state index contributed by atoms with van der Waals surface area (Å²) in [6.07, 6.45) is 1.40. The van der Waals surface area contributed by atoms with Crippen molar-refractivity contribution in [2.45, 2.75) is 24.3 Å². The molecule has 0 aromatic carbocycles. The van der Waals surface area contributed by atoms with Crippen LogP contribution in [0.5, 0.6) is 0 Å². The Bertz CT molecular complexity index is 638. The molecule has 2 N–H and O–H groups in total. The van der Waals surface area contributed by atoms with E-state index in [4.69, 9.17) is 0 Å². The Kier molecular flexibility index (Phi) is 4.40. The zero-order chi connectivity index (χ0) is 15.8. The molecule has 1 aliphatic rings. The quantitative estimate of drug-likeness (QED) is 0.806. The van der Waals surface area contributed by atoms with Crippen LogP contribution in [0.1, 0.15) is 23.8 Å². The first kappa shape index (κ1) is 16.0. The number of rotatable bonds is 3. The number of sulfonamides is 1. The number of hydrogen-bond acceptors (Lipinski definition) is 4. The molecule has 8 heteroatoms. The van der Waals surface area contributed by atoms with Crippen molar-refractivity contribution in [3.8, 4) is 0 Å². The van der Waals surface area contributed by atoms with Gasteiger partial charge in [-0.3, -0.25) is 4.79 Å². The second kappa shape index (κ2) is 5.78. The minimum Gasteiger partial charge on any atom is -0.393 e. The molecule has 1 aliphatic heterocycles. The van der Waals surface area contributed by atoms with Gasteiger partial charge in [0.05, 0.1) is 6.10 Å². The second-order valence-corrected chi connectivity index (χ2v) is 7.39. The summed E-state index contributed by atoms with van der Waals surface area (Å²) in [5.41, 5.74) is 0.293. The molecule has 2 unspecified atom stereocenters. The zero-order valence-corrected chi connectivity index (χ0v) is 13.2. The lowest BCUT2D eigenvalue weighted by molar-refractivity contribution is 0.0628. The number of carbonyl (C=O) groups is 1. The summed E-state index contributed by atoms with van der Waals surface area (Å²) in [6.45, 7) is 2.40. The van der Waals surface area contributed by atoms with Crippen LogP contribution in [0.4, 0.5) is 0 Å². The highest BCUT2D eigenvalue weighted by Crippen LogP contribution is 2.24. The summed E-state index contributed by atoms with van der Waals surface area (Å²) in [6, 6.07) is 1.38. The summed E-state index contributed by atoms with van der Waals surface area (Å²) < 4.78 is 28.1. The van der Waals surface area contributed by atoms with E-state index in [1.807, 2.05) is 6.92 Å². The molecule has 7 nitrogen and oxygen atoms in total. The molecule has 1 amide bonds. The van der Waals surface area contributed by atoms with Crippen LogP contribution in [0.2, 0.25) is 0 Å². The molecule has 2 rings (SSSR count). The molecule has 0 radical (unpaired) electrons. The normalized spacial score (nSPS) is 24.0. The highest BCUT2D eigenvalue weighted by molar-refractivity contribution is 7.89. The fourth-order valence-electron chi connectivity index (χ4n) is 2.49. The van der Waals surface area contributed by atoms with Crippen molar-refractivity contribution in [3.63, 3.8) is 0 Å². The van der Waals surface area contributed by atoms with Crippen LogP contribution < -0.4 is 5.32 Å². The number of nitrogens with zero attached hydrogens (tertiary/aromatic N) is 2. The molecule has 1 fully saturated rings. The van der Waals surface area contributed by atoms with Gasteiger partial charge in [0.25, 0.3) is 5.91 Å². The molecule has 1 aromatic rings. The molecule has 2 heterocycles. The lowest BCUT2D eigenvalue weighted by Gasteiger charge is -2.33. The van der Waals surface area contributed by atoms with Gasteiger partial charge in [-0.05, 0) is 18.4 Å². The molecule has 0 spiro atoms.